The van der Waals surface area contributed by atoms with Crippen molar-refractivity contribution in [1.82, 2.24) is 10.2 Å². The van der Waals surface area contributed by atoms with Crippen molar-refractivity contribution in [2.24, 2.45) is 11.8 Å². The van der Waals surface area contributed by atoms with E-state index in [0.717, 1.165) is 25.9 Å². The number of carbonyl (C=O) groups is 1. The highest BCUT2D eigenvalue weighted by Crippen LogP contribution is 2.15. The van der Waals surface area contributed by atoms with Crippen LogP contribution < -0.4 is 5.32 Å². The zero-order valence-corrected chi connectivity index (χ0v) is 10.6. The molecule has 0 aromatic rings. The van der Waals surface area contributed by atoms with Crippen molar-refractivity contribution >= 4 is 5.91 Å². The second kappa shape index (κ2) is 6.21. The van der Waals surface area contributed by atoms with E-state index in [0.29, 0.717) is 0 Å². The Morgan fingerprint density at radius 2 is 2.25 bits per heavy atom. The summed E-state index contributed by atoms with van der Waals surface area (Å²) in [5, 5.41) is 12.0. The normalized spacial score (nSPS) is 26.1. The first-order valence-corrected chi connectivity index (χ1v) is 6.14. The average Bonchev–Trinajstić information content (AvgIpc) is 2.27. The lowest BCUT2D eigenvalue weighted by molar-refractivity contribution is -0.127. The van der Waals surface area contributed by atoms with Crippen LogP contribution in [0.3, 0.4) is 0 Å². The van der Waals surface area contributed by atoms with Gasteiger partial charge in [-0.1, -0.05) is 6.92 Å². The SMILES string of the molecule is CC(CO)C(C)NC(=O)C1CCCN(C)C1. The molecule has 94 valence electrons. The van der Waals surface area contributed by atoms with E-state index in [1.807, 2.05) is 13.8 Å². The van der Waals surface area contributed by atoms with Crippen LogP contribution in [0.2, 0.25) is 0 Å². The fraction of sp³-hybridized carbons (Fsp3) is 0.917. The summed E-state index contributed by atoms with van der Waals surface area (Å²) >= 11 is 0. The lowest BCUT2D eigenvalue weighted by Gasteiger charge is -2.30. The van der Waals surface area contributed by atoms with Crippen molar-refractivity contribution in [3.8, 4) is 0 Å². The van der Waals surface area contributed by atoms with Gasteiger partial charge in [0, 0.05) is 19.2 Å². The second-order valence-corrected chi connectivity index (χ2v) is 5.06. The van der Waals surface area contributed by atoms with Gasteiger partial charge in [-0.05, 0) is 39.3 Å². The first kappa shape index (κ1) is 13.5. The molecule has 0 aromatic heterocycles. The Labute approximate surface area is 98.0 Å². The van der Waals surface area contributed by atoms with Gasteiger partial charge in [-0.25, -0.2) is 0 Å². The van der Waals surface area contributed by atoms with Gasteiger partial charge in [0.15, 0.2) is 0 Å². The van der Waals surface area contributed by atoms with Gasteiger partial charge >= 0.3 is 0 Å². The van der Waals surface area contributed by atoms with Crippen molar-refractivity contribution in [2.75, 3.05) is 26.7 Å². The molecule has 1 saturated heterocycles. The van der Waals surface area contributed by atoms with Crippen LogP contribution >= 0.6 is 0 Å². The molecule has 16 heavy (non-hydrogen) atoms. The predicted molar refractivity (Wildman–Crippen MR) is 64.1 cm³/mol. The zero-order chi connectivity index (χ0) is 12.1. The number of hydrogen-bond donors (Lipinski definition) is 2. The van der Waals surface area contributed by atoms with Crippen molar-refractivity contribution in [3.05, 3.63) is 0 Å². The fourth-order valence-electron chi connectivity index (χ4n) is 2.02. The Morgan fingerprint density at radius 3 is 2.81 bits per heavy atom. The Bertz CT molecular complexity index is 233. The average molecular weight is 228 g/mol. The topological polar surface area (TPSA) is 52.6 Å². The highest BCUT2D eigenvalue weighted by molar-refractivity contribution is 5.79. The second-order valence-electron chi connectivity index (χ2n) is 5.06. The Balaban J connectivity index is 2.39. The molecule has 0 spiro atoms. The van der Waals surface area contributed by atoms with Crippen LogP contribution in [0.25, 0.3) is 0 Å². The molecule has 1 heterocycles. The van der Waals surface area contributed by atoms with Gasteiger partial charge < -0.3 is 15.3 Å². The summed E-state index contributed by atoms with van der Waals surface area (Å²) in [5.41, 5.74) is 0. The maximum atomic E-state index is 12.0. The molecule has 3 unspecified atom stereocenters. The first-order valence-electron chi connectivity index (χ1n) is 6.14. The minimum Gasteiger partial charge on any atom is -0.396 e. The van der Waals surface area contributed by atoms with E-state index in [9.17, 15) is 4.79 Å². The van der Waals surface area contributed by atoms with E-state index in [4.69, 9.17) is 5.11 Å². The maximum absolute atomic E-state index is 12.0. The standard InChI is InChI=1S/C12H24N2O2/c1-9(8-15)10(2)13-12(16)11-5-4-6-14(3)7-11/h9-11,15H,4-8H2,1-3H3,(H,13,16). The summed E-state index contributed by atoms with van der Waals surface area (Å²) < 4.78 is 0. The van der Waals surface area contributed by atoms with Crippen LogP contribution in [0.1, 0.15) is 26.7 Å². The van der Waals surface area contributed by atoms with E-state index in [-0.39, 0.29) is 30.4 Å². The molecular formula is C12H24N2O2. The lowest BCUT2D eigenvalue weighted by Crippen LogP contribution is -2.46. The third-order valence-corrected chi connectivity index (χ3v) is 3.51. The highest BCUT2D eigenvalue weighted by atomic mass is 16.3. The molecule has 4 heteroatoms. The van der Waals surface area contributed by atoms with Crippen LogP contribution in [-0.4, -0.2) is 48.7 Å². The molecule has 2 N–H and O–H groups in total. The summed E-state index contributed by atoms with van der Waals surface area (Å²) in [4.78, 5) is 14.2. The Kier molecular flexibility index (Phi) is 5.22. The van der Waals surface area contributed by atoms with E-state index in [2.05, 4.69) is 17.3 Å². The molecule has 1 amide bonds. The number of aliphatic hydroxyl groups is 1. The molecule has 3 atom stereocenters. The van der Waals surface area contributed by atoms with Gasteiger partial charge in [-0.15, -0.1) is 0 Å². The van der Waals surface area contributed by atoms with E-state index >= 15 is 0 Å². The van der Waals surface area contributed by atoms with Crippen LogP contribution in [-0.2, 0) is 4.79 Å². The molecular weight excluding hydrogens is 204 g/mol. The van der Waals surface area contributed by atoms with Gasteiger partial charge in [-0.3, -0.25) is 4.79 Å². The molecule has 0 bridgehead atoms. The Hall–Kier alpha value is -0.610. The molecule has 4 nitrogen and oxygen atoms in total. The number of hydrogen-bond acceptors (Lipinski definition) is 3. The Morgan fingerprint density at radius 1 is 1.56 bits per heavy atom. The minimum absolute atomic E-state index is 0.0460. The van der Waals surface area contributed by atoms with Gasteiger partial charge in [0.25, 0.3) is 0 Å². The van der Waals surface area contributed by atoms with Gasteiger partial charge in [0.05, 0.1) is 5.92 Å². The quantitative estimate of drug-likeness (QED) is 0.735. The summed E-state index contributed by atoms with van der Waals surface area (Å²) in [6, 6.07) is 0.0460. The smallest absolute Gasteiger partial charge is 0.224 e. The van der Waals surface area contributed by atoms with Crippen molar-refractivity contribution in [1.29, 1.82) is 0 Å². The van der Waals surface area contributed by atoms with Crippen molar-refractivity contribution in [3.63, 3.8) is 0 Å². The third kappa shape index (κ3) is 3.76. The molecule has 0 radical (unpaired) electrons. The van der Waals surface area contributed by atoms with E-state index in [1.165, 1.54) is 0 Å². The third-order valence-electron chi connectivity index (χ3n) is 3.51. The van der Waals surface area contributed by atoms with Crippen LogP contribution in [0.5, 0.6) is 0 Å². The van der Waals surface area contributed by atoms with Gasteiger partial charge in [0.2, 0.25) is 5.91 Å². The number of likely N-dealkylation sites (tertiary alicyclic amines) is 1. The predicted octanol–water partition coefficient (Wildman–Crippen LogP) is 0.461. The molecule has 0 saturated carbocycles. The number of carbonyl (C=O) groups excluding carboxylic acids is 1. The number of rotatable bonds is 4. The molecule has 0 aromatic carbocycles. The molecule has 1 aliphatic rings. The number of aliphatic hydroxyl groups excluding tert-OH is 1. The number of amides is 1. The summed E-state index contributed by atoms with van der Waals surface area (Å²) in [6.07, 6.45) is 2.08. The number of piperidine rings is 1. The maximum Gasteiger partial charge on any atom is 0.224 e. The summed E-state index contributed by atoms with van der Waals surface area (Å²) in [7, 11) is 2.05. The lowest BCUT2D eigenvalue weighted by atomic mass is 9.96. The van der Waals surface area contributed by atoms with Crippen LogP contribution in [0.15, 0.2) is 0 Å². The molecule has 1 fully saturated rings. The highest BCUT2D eigenvalue weighted by Gasteiger charge is 2.25. The van der Waals surface area contributed by atoms with Crippen molar-refractivity contribution < 1.29 is 9.90 Å². The minimum atomic E-state index is 0.0460. The molecule has 0 aliphatic carbocycles. The first-order chi connectivity index (χ1) is 7.54. The van der Waals surface area contributed by atoms with Crippen LogP contribution in [0, 0.1) is 11.8 Å². The number of nitrogens with one attached hydrogen (secondary N) is 1. The van der Waals surface area contributed by atoms with E-state index < -0.39 is 0 Å². The summed E-state index contributed by atoms with van der Waals surface area (Å²) in [5.74, 6) is 0.372. The van der Waals surface area contributed by atoms with E-state index in [1.54, 1.807) is 0 Å². The van der Waals surface area contributed by atoms with Gasteiger partial charge in [0.1, 0.15) is 0 Å². The zero-order valence-electron chi connectivity index (χ0n) is 10.6. The van der Waals surface area contributed by atoms with Gasteiger partial charge in [-0.2, -0.15) is 0 Å². The fourth-order valence-corrected chi connectivity index (χ4v) is 2.02. The largest absolute Gasteiger partial charge is 0.396 e. The monoisotopic (exact) mass is 228 g/mol. The number of nitrogens with zero attached hydrogens (tertiary/aromatic N) is 1. The molecule has 1 aliphatic heterocycles. The molecule has 1 rings (SSSR count). The van der Waals surface area contributed by atoms with Crippen LogP contribution in [0.4, 0.5) is 0 Å². The van der Waals surface area contributed by atoms with Crippen molar-refractivity contribution in [2.45, 2.75) is 32.7 Å². The summed E-state index contributed by atoms with van der Waals surface area (Å²) in [6.45, 7) is 5.95.